The smallest absolute Gasteiger partial charge is 0.231 e. The van der Waals surface area contributed by atoms with Gasteiger partial charge in [-0.25, -0.2) is 4.39 Å². The first-order valence-corrected chi connectivity index (χ1v) is 4.52. The lowest BCUT2D eigenvalue weighted by atomic mass is 10.1. The van der Waals surface area contributed by atoms with E-state index in [4.69, 9.17) is 9.47 Å². The molecular weight excluding hydrogens is 187 g/mol. The van der Waals surface area contributed by atoms with E-state index in [0.717, 1.165) is 0 Å². The Morgan fingerprint density at radius 3 is 2.79 bits per heavy atom. The summed E-state index contributed by atoms with van der Waals surface area (Å²) >= 11 is 0. The van der Waals surface area contributed by atoms with Gasteiger partial charge in [-0.2, -0.15) is 0 Å². The Bertz CT molecular complexity index is 399. The molecule has 0 unspecified atom stereocenters. The number of fused-ring (bicyclic) bond motifs is 1. The molecule has 0 bridgehead atoms. The van der Waals surface area contributed by atoms with Gasteiger partial charge in [-0.15, -0.1) is 0 Å². The summed E-state index contributed by atoms with van der Waals surface area (Å²) in [4.78, 5) is 0. The maximum atomic E-state index is 13.7. The minimum absolute atomic E-state index is 0.0497. The van der Waals surface area contributed by atoms with Crippen molar-refractivity contribution in [1.29, 1.82) is 0 Å². The molecule has 4 heteroatoms. The van der Waals surface area contributed by atoms with Gasteiger partial charge in [0.15, 0.2) is 11.6 Å². The number of hydrogen-bond acceptors (Lipinski definition) is 3. The van der Waals surface area contributed by atoms with Crippen molar-refractivity contribution >= 4 is 0 Å². The van der Waals surface area contributed by atoms with Crippen LogP contribution in [0.4, 0.5) is 4.39 Å². The summed E-state index contributed by atoms with van der Waals surface area (Å²) in [6, 6.07) is 3.20. The van der Waals surface area contributed by atoms with Crippen molar-refractivity contribution in [3.63, 3.8) is 0 Å². The molecule has 1 aliphatic carbocycles. The molecule has 3 nitrogen and oxygen atoms in total. The van der Waals surface area contributed by atoms with E-state index in [1.807, 2.05) is 0 Å². The zero-order valence-electron chi connectivity index (χ0n) is 7.42. The first-order valence-electron chi connectivity index (χ1n) is 4.52. The largest absolute Gasteiger partial charge is 0.453 e. The summed E-state index contributed by atoms with van der Waals surface area (Å²) in [6.45, 7) is 0.0497. The monoisotopic (exact) mass is 196 g/mol. The van der Waals surface area contributed by atoms with Crippen molar-refractivity contribution in [1.82, 2.24) is 0 Å². The fraction of sp³-hybridized carbons (Fsp3) is 0.400. The molecule has 1 aromatic rings. The summed E-state index contributed by atoms with van der Waals surface area (Å²) < 4.78 is 23.8. The molecule has 1 saturated carbocycles. The Hall–Kier alpha value is -1.29. The standard InChI is InChI=1S/C10H9FO3/c11-8-6(10(12)3-4-10)1-2-7-9(8)14-5-13-7/h1-2,12H,3-5H2. The second-order valence-electron chi connectivity index (χ2n) is 3.69. The third-order valence-electron chi connectivity index (χ3n) is 2.70. The lowest BCUT2D eigenvalue weighted by Crippen LogP contribution is -2.07. The fourth-order valence-corrected chi connectivity index (χ4v) is 1.69. The Labute approximate surface area is 80.1 Å². The molecule has 2 aliphatic rings. The number of aliphatic hydroxyl groups is 1. The van der Waals surface area contributed by atoms with Gasteiger partial charge < -0.3 is 14.6 Å². The number of ether oxygens (including phenoxy) is 2. The van der Waals surface area contributed by atoms with E-state index in [2.05, 4.69) is 0 Å². The van der Waals surface area contributed by atoms with E-state index in [-0.39, 0.29) is 12.5 Å². The molecule has 0 saturated heterocycles. The predicted octanol–water partition coefficient (Wildman–Crippen LogP) is 1.54. The maximum absolute atomic E-state index is 13.7. The van der Waals surface area contributed by atoms with Crippen LogP contribution in [-0.4, -0.2) is 11.9 Å². The van der Waals surface area contributed by atoms with Crippen molar-refractivity contribution in [2.75, 3.05) is 6.79 Å². The summed E-state index contributed by atoms with van der Waals surface area (Å²) in [5.41, 5.74) is -0.646. The van der Waals surface area contributed by atoms with Crippen LogP contribution in [0.2, 0.25) is 0 Å². The van der Waals surface area contributed by atoms with Crippen LogP contribution in [-0.2, 0) is 5.60 Å². The van der Waals surface area contributed by atoms with Gasteiger partial charge in [0.25, 0.3) is 0 Å². The van der Waals surface area contributed by atoms with Crippen LogP contribution in [0.25, 0.3) is 0 Å². The van der Waals surface area contributed by atoms with Gasteiger partial charge in [0.1, 0.15) is 0 Å². The molecule has 1 fully saturated rings. The fourth-order valence-electron chi connectivity index (χ4n) is 1.69. The van der Waals surface area contributed by atoms with Gasteiger partial charge in [-0.3, -0.25) is 0 Å². The number of hydrogen-bond donors (Lipinski definition) is 1. The zero-order valence-corrected chi connectivity index (χ0v) is 7.42. The SMILES string of the molecule is OC1(c2ccc3c(c2F)OCO3)CC1. The highest BCUT2D eigenvalue weighted by atomic mass is 19.1. The number of halogens is 1. The Morgan fingerprint density at radius 1 is 1.29 bits per heavy atom. The molecule has 1 heterocycles. The van der Waals surface area contributed by atoms with Crippen LogP contribution in [0.3, 0.4) is 0 Å². The van der Waals surface area contributed by atoms with E-state index < -0.39 is 11.4 Å². The second kappa shape index (κ2) is 2.39. The molecule has 0 amide bonds. The summed E-state index contributed by atoms with van der Waals surface area (Å²) in [7, 11) is 0. The van der Waals surface area contributed by atoms with E-state index in [1.165, 1.54) is 0 Å². The van der Waals surface area contributed by atoms with Crippen LogP contribution >= 0.6 is 0 Å². The lowest BCUT2D eigenvalue weighted by Gasteiger charge is -2.10. The predicted molar refractivity (Wildman–Crippen MR) is 45.7 cm³/mol. The molecule has 0 radical (unpaired) electrons. The Balaban J connectivity index is 2.15. The Kier molecular flexibility index (Phi) is 1.37. The topological polar surface area (TPSA) is 38.7 Å². The highest BCUT2D eigenvalue weighted by molar-refractivity contribution is 5.48. The van der Waals surface area contributed by atoms with Gasteiger partial charge in [0.05, 0.1) is 5.60 Å². The first kappa shape index (κ1) is 8.05. The second-order valence-corrected chi connectivity index (χ2v) is 3.69. The molecule has 1 aromatic carbocycles. The molecule has 74 valence electrons. The summed E-state index contributed by atoms with van der Waals surface area (Å²) in [5.74, 6) is 0.0540. The summed E-state index contributed by atoms with van der Waals surface area (Å²) in [6.07, 6.45) is 1.23. The van der Waals surface area contributed by atoms with Gasteiger partial charge in [0, 0.05) is 5.56 Å². The zero-order chi connectivity index (χ0) is 9.76. The quantitative estimate of drug-likeness (QED) is 0.740. The average Bonchev–Trinajstić information content (AvgIpc) is 2.75. The van der Waals surface area contributed by atoms with Crippen LogP contribution in [0.5, 0.6) is 11.5 Å². The Morgan fingerprint density at radius 2 is 2.07 bits per heavy atom. The van der Waals surface area contributed by atoms with Crippen LogP contribution in [0.1, 0.15) is 18.4 Å². The normalized spacial score (nSPS) is 21.0. The molecule has 0 aromatic heterocycles. The van der Waals surface area contributed by atoms with Crippen molar-refractivity contribution in [2.45, 2.75) is 18.4 Å². The number of benzene rings is 1. The van der Waals surface area contributed by atoms with E-state index in [9.17, 15) is 9.50 Å². The summed E-state index contributed by atoms with van der Waals surface area (Å²) in [5, 5.41) is 9.78. The third kappa shape index (κ3) is 0.944. The van der Waals surface area contributed by atoms with Crippen LogP contribution in [0.15, 0.2) is 12.1 Å². The van der Waals surface area contributed by atoms with Crippen molar-refractivity contribution in [2.24, 2.45) is 0 Å². The average molecular weight is 196 g/mol. The minimum Gasteiger partial charge on any atom is -0.453 e. The highest BCUT2D eigenvalue weighted by Gasteiger charge is 2.45. The van der Waals surface area contributed by atoms with Crippen molar-refractivity contribution in [3.8, 4) is 11.5 Å². The first-order chi connectivity index (χ1) is 6.71. The van der Waals surface area contributed by atoms with Gasteiger partial charge in [0.2, 0.25) is 12.5 Å². The molecule has 1 N–H and O–H groups in total. The van der Waals surface area contributed by atoms with E-state index >= 15 is 0 Å². The lowest BCUT2D eigenvalue weighted by molar-refractivity contribution is 0.144. The molecule has 1 aliphatic heterocycles. The molecular formula is C10H9FO3. The van der Waals surface area contributed by atoms with Crippen molar-refractivity contribution in [3.05, 3.63) is 23.5 Å². The van der Waals surface area contributed by atoms with Crippen molar-refractivity contribution < 1.29 is 19.0 Å². The maximum Gasteiger partial charge on any atom is 0.231 e. The van der Waals surface area contributed by atoms with Gasteiger partial charge in [-0.1, -0.05) is 0 Å². The molecule has 0 spiro atoms. The van der Waals surface area contributed by atoms with E-state index in [1.54, 1.807) is 12.1 Å². The highest BCUT2D eigenvalue weighted by Crippen LogP contribution is 2.49. The third-order valence-corrected chi connectivity index (χ3v) is 2.70. The molecule has 3 rings (SSSR count). The van der Waals surface area contributed by atoms with E-state index in [0.29, 0.717) is 24.2 Å². The molecule has 0 atom stereocenters. The van der Waals surface area contributed by atoms with Crippen LogP contribution in [0, 0.1) is 5.82 Å². The molecule has 14 heavy (non-hydrogen) atoms. The van der Waals surface area contributed by atoms with Gasteiger partial charge in [-0.05, 0) is 25.0 Å². The van der Waals surface area contributed by atoms with Crippen LogP contribution < -0.4 is 9.47 Å². The van der Waals surface area contributed by atoms with Gasteiger partial charge >= 0.3 is 0 Å². The minimum atomic E-state index is -0.967. The number of rotatable bonds is 1.